The van der Waals surface area contributed by atoms with Crippen LogP contribution < -0.4 is 5.73 Å². The molecule has 4 rings (SSSR count). The van der Waals surface area contributed by atoms with Gasteiger partial charge in [0.15, 0.2) is 5.84 Å². The fourth-order valence-corrected chi connectivity index (χ4v) is 4.19. The average Bonchev–Trinajstić information content (AvgIpc) is 3.23. The first kappa shape index (κ1) is 42.3. The zero-order valence-corrected chi connectivity index (χ0v) is 28.4. The standard InChI is InChI=1S/C17H19N.C12H14N4.C4H8.C3H6.C2H6.C2H2/c1-2-14-17(18,16-12-8-5-9-13-16)15-10-6-3-4-7-11-15;1-3-10-7(2)9-6-8(12(13)16-14)4-5-11(9)15-10;1-3-4-2;1-3-2;2*1-2/h2-3,5-13H,1,4,14,18H2;4-6,13-15H,3H2,1-2H3;3H,1,4H2,2H3;3H,1H2,2H3;1-2H3;1-2H. The lowest BCUT2D eigenvalue weighted by molar-refractivity contribution is 0.546. The number of benzene rings is 2. The molecule has 1 aliphatic carbocycles. The number of H-pyrrole nitrogens is 1. The molecule has 0 aliphatic heterocycles. The van der Waals surface area contributed by atoms with Gasteiger partial charge in [0.1, 0.15) is 0 Å². The van der Waals surface area contributed by atoms with Crippen LogP contribution in [-0.4, -0.2) is 10.8 Å². The molecular formula is C40H55N5. The zero-order valence-electron chi connectivity index (χ0n) is 28.4. The minimum Gasteiger partial charge on any atom is -0.358 e. The summed E-state index contributed by atoms with van der Waals surface area (Å²) < 4.78 is 0. The quantitative estimate of drug-likeness (QED) is 0.0695. The summed E-state index contributed by atoms with van der Waals surface area (Å²) in [4.78, 5) is 3.35. The number of aryl methyl sites for hydroxylation is 2. The lowest BCUT2D eigenvalue weighted by Crippen LogP contribution is -2.37. The number of nitrogens with one attached hydrogen (secondary N) is 3. The highest BCUT2D eigenvalue weighted by molar-refractivity contribution is 6.00. The van der Waals surface area contributed by atoms with Crippen LogP contribution in [0.3, 0.4) is 0 Å². The number of amidine groups is 1. The summed E-state index contributed by atoms with van der Waals surface area (Å²) in [5.41, 5.74) is 19.5. The zero-order chi connectivity index (χ0) is 34.7. The van der Waals surface area contributed by atoms with Gasteiger partial charge in [-0.25, -0.2) is 5.53 Å². The SMILES string of the molecule is C#C.C=CC.C=CCC.C=CCC(N)(C1=CC=CCC=C1)c1ccccc1.CC.CCc1[nH]c2ccc(C(=N)N=N)cc2c1C. The maximum atomic E-state index is 7.51. The van der Waals surface area contributed by atoms with Crippen LogP contribution in [0.1, 0.15) is 76.3 Å². The summed E-state index contributed by atoms with van der Waals surface area (Å²) in [6, 6.07) is 15.9. The van der Waals surface area contributed by atoms with E-state index in [4.69, 9.17) is 16.7 Å². The maximum Gasteiger partial charge on any atom is 0.173 e. The normalized spacial score (nSPS) is 11.9. The largest absolute Gasteiger partial charge is 0.358 e. The van der Waals surface area contributed by atoms with Crippen molar-refractivity contribution in [2.24, 2.45) is 10.8 Å². The van der Waals surface area contributed by atoms with Crippen molar-refractivity contribution in [2.75, 3.05) is 0 Å². The Kier molecular flexibility index (Phi) is 24.2. The Morgan fingerprint density at radius 3 is 2.16 bits per heavy atom. The van der Waals surface area contributed by atoms with E-state index in [1.807, 2.05) is 69.3 Å². The van der Waals surface area contributed by atoms with Gasteiger partial charge in [0.25, 0.3) is 0 Å². The van der Waals surface area contributed by atoms with E-state index in [1.165, 1.54) is 11.3 Å². The molecule has 0 spiro atoms. The summed E-state index contributed by atoms with van der Waals surface area (Å²) in [5.74, 6) is 0.000508. The molecule has 5 nitrogen and oxygen atoms in total. The molecule has 3 aromatic rings. The molecule has 1 aliphatic rings. The van der Waals surface area contributed by atoms with Gasteiger partial charge in [-0.1, -0.05) is 107 Å². The molecular weight excluding hydrogens is 550 g/mol. The van der Waals surface area contributed by atoms with Crippen LogP contribution in [0.25, 0.3) is 10.9 Å². The van der Waals surface area contributed by atoms with Crippen LogP contribution in [0.2, 0.25) is 0 Å². The van der Waals surface area contributed by atoms with Crippen LogP contribution in [0, 0.1) is 30.7 Å². The molecule has 0 amide bonds. The van der Waals surface area contributed by atoms with Crippen molar-refractivity contribution in [1.29, 1.82) is 10.9 Å². The van der Waals surface area contributed by atoms with E-state index in [0.717, 1.165) is 47.7 Å². The number of rotatable bonds is 7. The monoisotopic (exact) mass is 605 g/mol. The third-order valence-electron chi connectivity index (χ3n) is 6.44. The second-order valence-electron chi connectivity index (χ2n) is 9.43. The van der Waals surface area contributed by atoms with Gasteiger partial charge in [-0.3, -0.25) is 5.41 Å². The van der Waals surface area contributed by atoms with Crippen molar-refractivity contribution in [1.82, 2.24) is 4.98 Å². The van der Waals surface area contributed by atoms with E-state index in [0.29, 0.717) is 5.56 Å². The van der Waals surface area contributed by atoms with Crippen molar-refractivity contribution in [3.8, 4) is 12.8 Å². The van der Waals surface area contributed by atoms with Gasteiger partial charge in [-0.15, -0.1) is 37.7 Å². The highest BCUT2D eigenvalue weighted by Gasteiger charge is 2.28. The molecule has 240 valence electrons. The minimum atomic E-state index is -0.492. The predicted octanol–water partition coefficient (Wildman–Crippen LogP) is 11.3. The Labute approximate surface area is 273 Å². The number of fused-ring (bicyclic) bond motifs is 1. The number of hydrogen-bond acceptors (Lipinski definition) is 3. The third kappa shape index (κ3) is 14.0. The molecule has 5 N–H and O–H groups in total. The fourth-order valence-electron chi connectivity index (χ4n) is 4.19. The van der Waals surface area contributed by atoms with E-state index >= 15 is 0 Å². The lowest BCUT2D eigenvalue weighted by atomic mass is 9.80. The van der Waals surface area contributed by atoms with Gasteiger partial charge in [0.05, 0.1) is 5.54 Å². The van der Waals surface area contributed by atoms with E-state index in [-0.39, 0.29) is 5.84 Å². The van der Waals surface area contributed by atoms with Crippen molar-refractivity contribution in [3.05, 3.63) is 145 Å². The second kappa shape index (κ2) is 25.7. The van der Waals surface area contributed by atoms with Crippen LogP contribution in [-0.2, 0) is 12.0 Å². The van der Waals surface area contributed by atoms with Crippen LogP contribution in [0.15, 0.2) is 128 Å². The highest BCUT2D eigenvalue weighted by atomic mass is 15.0. The summed E-state index contributed by atoms with van der Waals surface area (Å²) in [6.45, 7) is 22.8. The highest BCUT2D eigenvalue weighted by Crippen LogP contribution is 2.32. The molecule has 5 heteroatoms. The number of hydrogen-bond donors (Lipinski definition) is 4. The van der Waals surface area contributed by atoms with Crippen molar-refractivity contribution < 1.29 is 0 Å². The van der Waals surface area contributed by atoms with Crippen LogP contribution in [0.5, 0.6) is 0 Å². The summed E-state index contributed by atoms with van der Waals surface area (Å²) in [6.07, 6.45) is 27.8. The molecule has 0 saturated heterocycles. The Hall–Kier alpha value is -4.79. The number of nitrogens with zero attached hydrogens (tertiary/aromatic N) is 1. The number of nitrogens with two attached hydrogens (primary N) is 1. The summed E-state index contributed by atoms with van der Waals surface area (Å²) >= 11 is 0. The van der Waals surface area contributed by atoms with E-state index < -0.39 is 5.54 Å². The topological polar surface area (TPSA) is 102 Å². The lowest BCUT2D eigenvalue weighted by Gasteiger charge is -2.30. The fraction of sp³-hybridized carbons (Fsp3) is 0.275. The van der Waals surface area contributed by atoms with Gasteiger partial charge >= 0.3 is 0 Å². The molecule has 1 atom stereocenters. The van der Waals surface area contributed by atoms with Gasteiger partial charge in [0, 0.05) is 22.2 Å². The Balaban J connectivity index is 0. The predicted molar refractivity (Wildman–Crippen MR) is 200 cm³/mol. The molecule has 1 aromatic heterocycles. The van der Waals surface area contributed by atoms with Crippen molar-refractivity contribution in [2.45, 2.75) is 72.8 Å². The first-order valence-electron chi connectivity index (χ1n) is 15.4. The maximum absolute atomic E-state index is 7.51. The Morgan fingerprint density at radius 1 is 1.04 bits per heavy atom. The van der Waals surface area contributed by atoms with Gasteiger partial charge in [0.2, 0.25) is 0 Å². The van der Waals surface area contributed by atoms with E-state index in [2.05, 4.69) is 106 Å². The summed E-state index contributed by atoms with van der Waals surface area (Å²) in [7, 11) is 0. The molecule has 0 radical (unpaired) electrons. The number of aromatic nitrogens is 1. The van der Waals surface area contributed by atoms with Gasteiger partial charge in [-0.05, 0) is 74.4 Å². The number of aromatic amines is 1. The average molecular weight is 606 g/mol. The molecule has 1 heterocycles. The molecule has 45 heavy (non-hydrogen) atoms. The molecule has 0 fully saturated rings. The first-order valence-corrected chi connectivity index (χ1v) is 15.4. The van der Waals surface area contributed by atoms with Crippen LogP contribution in [0.4, 0.5) is 0 Å². The minimum absolute atomic E-state index is 0.000508. The Bertz CT molecular complexity index is 1420. The smallest absolute Gasteiger partial charge is 0.173 e. The van der Waals surface area contributed by atoms with Crippen molar-refractivity contribution >= 4 is 16.7 Å². The molecule has 1 unspecified atom stereocenters. The van der Waals surface area contributed by atoms with Crippen molar-refractivity contribution in [3.63, 3.8) is 0 Å². The van der Waals surface area contributed by atoms with Gasteiger partial charge in [-0.2, -0.15) is 0 Å². The molecule has 0 bridgehead atoms. The number of allylic oxidation sites excluding steroid dienone is 6. The number of terminal acetylenes is 1. The molecule has 0 saturated carbocycles. The van der Waals surface area contributed by atoms with Crippen LogP contribution >= 0.6 is 0 Å². The first-order chi connectivity index (χ1) is 21.8. The summed E-state index contributed by atoms with van der Waals surface area (Å²) in [5, 5.41) is 11.8. The Morgan fingerprint density at radius 2 is 1.64 bits per heavy atom. The van der Waals surface area contributed by atoms with Gasteiger partial charge < -0.3 is 10.7 Å². The third-order valence-corrected chi connectivity index (χ3v) is 6.44. The van der Waals surface area contributed by atoms with E-state index in [9.17, 15) is 0 Å². The second-order valence-corrected chi connectivity index (χ2v) is 9.43. The van der Waals surface area contributed by atoms with E-state index in [1.54, 1.807) is 6.08 Å². The molecule has 2 aromatic carbocycles.